The van der Waals surface area contributed by atoms with Gasteiger partial charge in [0.25, 0.3) is 5.91 Å². The second-order valence-corrected chi connectivity index (χ2v) is 7.24. The van der Waals surface area contributed by atoms with Gasteiger partial charge < -0.3 is 14.7 Å². The quantitative estimate of drug-likeness (QED) is 0.853. The maximum atomic E-state index is 12.9. The van der Waals surface area contributed by atoms with Crippen molar-refractivity contribution in [1.82, 2.24) is 4.90 Å². The predicted molar refractivity (Wildman–Crippen MR) is 94.8 cm³/mol. The van der Waals surface area contributed by atoms with Crippen LogP contribution in [-0.4, -0.2) is 41.1 Å². The zero-order valence-corrected chi connectivity index (χ0v) is 14.7. The summed E-state index contributed by atoms with van der Waals surface area (Å²) in [6.45, 7) is 0.419. The molecule has 2 aliphatic rings. The lowest BCUT2D eigenvalue weighted by Crippen LogP contribution is -2.37. The largest absolute Gasteiger partial charge is 0.482 e. The topological polar surface area (TPSA) is 66.8 Å². The summed E-state index contributed by atoms with van der Waals surface area (Å²) in [5.74, 6) is 0.205. The number of carboxylic acid groups (broad SMARTS) is 1. The number of likely N-dealkylation sites (tertiary alicyclic amines) is 1. The lowest BCUT2D eigenvalue weighted by Gasteiger charge is -2.30. The van der Waals surface area contributed by atoms with Gasteiger partial charge in [0.05, 0.1) is 0 Å². The van der Waals surface area contributed by atoms with Crippen molar-refractivity contribution in [2.75, 3.05) is 13.2 Å². The fourth-order valence-corrected chi connectivity index (χ4v) is 4.19. The number of benzene rings is 1. The Kier molecular flexibility index (Phi) is 5.95. The average molecular weight is 345 g/mol. The molecule has 1 amide bonds. The predicted octanol–water partition coefficient (Wildman–Crippen LogP) is 3.73. The first-order valence-electron chi connectivity index (χ1n) is 9.39. The Balaban J connectivity index is 1.64. The van der Waals surface area contributed by atoms with Crippen LogP contribution < -0.4 is 4.74 Å². The Bertz CT molecular complexity index is 609. The number of aliphatic carboxylic acids is 1. The number of rotatable bonds is 6. The molecule has 1 heterocycles. The standard InChI is InChI=1S/C20H27NO4/c22-19(23)14-25-18-10-4-8-16(13-18)20(24)21-11-5-9-17(21)12-15-6-2-1-3-7-15/h4,8,10,13,15,17H,1-3,5-7,9,11-12,14H2,(H,22,23). The lowest BCUT2D eigenvalue weighted by atomic mass is 9.84. The van der Waals surface area contributed by atoms with Gasteiger partial charge in [-0.1, -0.05) is 38.2 Å². The Morgan fingerprint density at radius 2 is 1.92 bits per heavy atom. The molecule has 1 aliphatic carbocycles. The van der Waals surface area contributed by atoms with Crippen LogP contribution in [0.3, 0.4) is 0 Å². The molecule has 1 N–H and O–H groups in total. The van der Waals surface area contributed by atoms with Crippen LogP contribution in [0.25, 0.3) is 0 Å². The molecular formula is C20H27NO4. The number of carbonyl (C=O) groups excluding carboxylic acids is 1. The Morgan fingerprint density at radius 3 is 2.68 bits per heavy atom. The lowest BCUT2D eigenvalue weighted by molar-refractivity contribution is -0.139. The third-order valence-electron chi connectivity index (χ3n) is 5.41. The van der Waals surface area contributed by atoms with Gasteiger partial charge in [-0.15, -0.1) is 0 Å². The van der Waals surface area contributed by atoms with Gasteiger partial charge in [-0.05, 0) is 43.4 Å². The van der Waals surface area contributed by atoms with Crippen molar-refractivity contribution in [2.45, 2.75) is 57.4 Å². The highest BCUT2D eigenvalue weighted by Crippen LogP contribution is 2.32. The third-order valence-corrected chi connectivity index (χ3v) is 5.41. The number of hydrogen-bond acceptors (Lipinski definition) is 3. The molecule has 2 fully saturated rings. The summed E-state index contributed by atoms with van der Waals surface area (Å²) < 4.78 is 5.20. The second kappa shape index (κ2) is 8.37. The molecular weight excluding hydrogens is 318 g/mol. The fourth-order valence-electron chi connectivity index (χ4n) is 4.19. The van der Waals surface area contributed by atoms with Crippen LogP contribution in [0.1, 0.15) is 61.7 Å². The molecule has 25 heavy (non-hydrogen) atoms. The highest BCUT2D eigenvalue weighted by atomic mass is 16.5. The molecule has 3 rings (SSSR count). The zero-order valence-electron chi connectivity index (χ0n) is 14.7. The Morgan fingerprint density at radius 1 is 1.12 bits per heavy atom. The van der Waals surface area contributed by atoms with Gasteiger partial charge in [0.2, 0.25) is 0 Å². The molecule has 1 saturated carbocycles. The molecule has 0 bridgehead atoms. The van der Waals surface area contributed by atoms with E-state index in [0.29, 0.717) is 17.4 Å². The minimum Gasteiger partial charge on any atom is -0.482 e. The summed E-state index contributed by atoms with van der Waals surface area (Å²) in [6.07, 6.45) is 9.90. The molecule has 5 heteroatoms. The van der Waals surface area contributed by atoms with E-state index >= 15 is 0 Å². The Hall–Kier alpha value is -2.04. The minimum absolute atomic E-state index is 0.0408. The van der Waals surface area contributed by atoms with Crippen LogP contribution in [0.5, 0.6) is 5.75 Å². The maximum absolute atomic E-state index is 12.9. The zero-order chi connectivity index (χ0) is 17.6. The summed E-state index contributed by atoms with van der Waals surface area (Å²) in [7, 11) is 0. The fraction of sp³-hybridized carbons (Fsp3) is 0.600. The molecule has 0 radical (unpaired) electrons. The van der Waals surface area contributed by atoms with E-state index in [-0.39, 0.29) is 5.91 Å². The van der Waals surface area contributed by atoms with E-state index in [9.17, 15) is 9.59 Å². The van der Waals surface area contributed by atoms with Crippen LogP contribution >= 0.6 is 0 Å². The van der Waals surface area contributed by atoms with Gasteiger partial charge in [0, 0.05) is 18.2 Å². The molecule has 1 aromatic carbocycles. The summed E-state index contributed by atoms with van der Waals surface area (Å²) >= 11 is 0. The monoisotopic (exact) mass is 345 g/mol. The van der Waals surface area contributed by atoms with Gasteiger partial charge in [0.1, 0.15) is 5.75 Å². The van der Waals surface area contributed by atoms with Crippen molar-refractivity contribution < 1.29 is 19.4 Å². The van der Waals surface area contributed by atoms with Gasteiger partial charge in [-0.25, -0.2) is 4.79 Å². The first kappa shape index (κ1) is 17.8. The number of ether oxygens (including phenoxy) is 1. The summed E-state index contributed by atoms with van der Waals surface area (Å²) in [5.41, 5.74) is 0.582. The minimum atomic E-state index is -1.02. The van der Waals surface area contributed by atoms with Crippen LogP contribution in [0.2, 0.25) is 0 Å². The Labute approximate surface area is 149 Å². The molecule has 1 aromatic rings. The highest BCUT2D eigenvalue weighted by Gasteiger charge is 2.31. The van der Waals surface area contributed by atoms with Crippen LogP contribution in [0, 0.1) is 5.92 Å². The normalized spacial score (nSPS) is 21.3. The van der Waals surface area contributed by atoms with E-state index in [2.05, 4.69) is 0 Å². The van der Waals surface area contributed by atoms with Crippen molar-refractivity contribution in [3.05, 3.63) is 29.8 Å². The molecule has 136 valence electrons. The average Bonchev–Trinajstić information content (AvgIpc) is 3.08. The van der Waals surface area contributed by atoms with Crippen molar-refractivity contribution in [2.24, 2.45) is 5.92 Å². The van der Waals surface area contributed by atoms with Gasteiger partial charge in [0.15, 0.2) is 6.61 Å². The summed E-state index contributed by atoms with van der Waals surface area (Å²) in [5, 5.41) is 8.72. The van der Waals surface area contributed by atoms with Crippen molar-refractivity contribution in [1.29, 1.82) is 0 Å². The van der Waals surface area contributed by atoms with E-state index in [1.54, 1.807) is 24.3 Å². The number of carbonyl (C=O) groups is 2. The summed E-state index contributed by atoms with van der Waals surface area (Å²) in [4.78, 5) is 25.6. The van der Waals surface area contributed by atoms with Crippen molar-refractivity contribution >= 4 is 11.9 Å². The number of nitrogens with zero attached hydrogens (tertiary/aromatic N) is 1. The SMILES string of the molecule is O=C(O)COc1cccc(C(=O)N2CCCC2CC2CCCCC2)c1. The smallest absolute Gasteiger partial charge is 0.341 e. The molecule has 1 unspecified atom stereocenters. The molecule has 1 aliphatic heterocycles. The molecule has 0 spiro atoms. The van der Waals surface area contributed by atoms with Crippen LogP contribution in [0.4, 0.5) is 0 Å². The molecule has 1 saturated heterocycles. The number of hydrogen-bond donors (Lipinski definition) is 1. The molecule has 1 atom stereocenters. The van der Waals surface area contributed by atoms with Gasteiger partial charge >= 0.3 is 5.97 Å². The maximum Gasteiger partial charge on any atom is 0.341 e. The first-order valence-corrected chi connectivity index (χ1v) is 9.39. The second-order valence-electron chi connectivity index (χ2n) is 7.24. The number of carboxylic acids is 1. The van der Waals surface area contributed by atoms with E-state index in [0.717, 1.165) is 31.7 Å². The van der Waals surface area contributed by atoms with Gasteiger partial charge in [-0.2, -0.15) is 0 Å². The third kappa shape index (κ3) is 4.74. The first-order chi connectivity index (χ1) is 12.1. The van der Waals surface area contributed by atoms with E-state index < -0.39 is 12.6 Å². The van der Waals surface area contributed by atoms with E-state index in [1.165, 1.54) is 32.1 Å². The van der Waals surface area contributed by atoms with Gasteiger partial charge in [-0.3, -0.25) is 4.79 Å². The van der Waals surface area contributed by atoms with Crippen LogP contribution in [0.15, 0.2) is 24.3 Å². The number of amides is 1. The summed E-state index contributed by atoms with van der Waals surface area (Å²) in [6, 6.07) is 7.21. The van der Waals surface area contributed by atoms with E-state index in [1.807, 2.05) is 4.90 Å². The highest BCUT2D eigenvalue weighted by molar-refractivity contribution is 5.95. The van der Waals surface area contributed by atoms with Crippen molar-refractivity contribution in [3.63, 3.8) is 0 Å². The molecule has 0 aromatic heterocycles. The molecule has 5 nitrogen and oxygen atoms in total. The van der Waals surface area contributed by atoms with Crippen molar-refractivity contribution in [3.8, 4) is 5.75 Å². The van der Waals surface area contributed by atoms with Crippen LogP contribution in [-0.2, 0) is 4.79 Å². The van der Waals surface area contributed by atoms with E-state index in [4.69, 9.17) is 9.84 Å².